The fourth-order valence-electron chi connectivity index (χ4n) is 6.56. The van der Waals surface area contributed by atoms with Crippen molar-refractivity contribution in [2.24, 2.45) is 0 Å². The van der Waals surface area contributed by atoms with Crippen LogP contribution in [0.15, 0.2) is 71.8 Å². The van der Waals surface area contributed by atoms with Gasteiger partial charge in [0.25, 0.3) is 0 Å². The molecule has 0 spiro atoms. The van der Waals surface area contributed by atoms with Gasteiger partial charge in [0.1, 0.15) is 0 Å². The Morgan fingerprint density at radius 2 is 1.26 bits per heavy atom. The van der Waals surface area contributed by atoms with Crippen molar-refractivity contribution in [2.45, 2.75) is 51.9 Å². The summed E-state index contributed by atoms with van der Waals surface area (Å²) < 4.78 is 0. The molecule has 0 bridgehead atoms. The van der Waals surface area contributed by atoms with Gasteiger partial charge in [-0.05, 0) is 61.1 Å². The highest BCUT2D eigenvalue weighted by molar-refractivity contribution is 6.81. The van der Waals surface area contributed by atoms with Crippen LogP contribution in [0.5, 0.6) is 0 Å². The van der Waals surface area contributed by atoms with Crippen molar-refractivity contribution in [1.82, 2.24) is 0 Å². The average Bonchev–Trinajstić information content (AvgIpc) is 3.22. The van der Waals surface area contributed by atoms with Crippen LogP contribution in [0.4, 0.5) is 0 Å². The first kappa shape index (κ1) is 20.3. The lowest BCUT2D eigenvalue weighted by Gasteiger charge is -2.39. The molecule has 0 saturated heterocycles. The Morgan fingerprint density at radius 3 is 2.00 bits per heavy atom. The SMILES string of the molecule is CC1=Cc2ccccc2C1[Si](C)(C)C1C(C)=Cc2c(-c3cc(C)cc(C)c3)cccc21. The lowest BCUT2D eigenvalue weighted by atomic mass is 9.95. The molecule has 2 aliphatic rings. The molecule has 0 aliphatic heterocycles. The van der Waals surface area contributed by atoms with E-state index in [9.17, 15) is 0 Å². The van der Waals surface area contributed by atoms with E-state index < -0.39 is 8.07 Å². The Hall–Kier alpha value is -2.64. The zero-order chi connectivity index (χ0) is 21.9. The van der Waals surface area contributed by atoms with E-state index in [2.05, 4.69) is 114 Å². The number of rotatable bonds is 3. The van der Waals surface area contributed by atoms with Gasteiger partial charge in [-0.3, -0.25) is 0 Å². The fourth-order valence-corrected chi connectivity index (χ4v) is 11.5. The maximum absolute atomic E-state index is 2.61. The first-order valence-corrected chi connectivity index (χ1v) is 14.6. The summed E-state index contributed by atoms with van der Waals surface area (Å²) in [7, 11) is -1.75. The van der Waals surface area contributed by atoms with Crippen LogP contribution in [0.1, 0.15) is 58.3 Å². The first-order valence-electron chi connectivity index (χ1n) is 11.4. The molecule has 2 unspecified atom stereocenters. The van der Waals surface area contributed by atoms with Crippen LogP contribution in [0.2, 0.25) is 13.1 Å². The van der Waals surface area contributed by atoms with E-state index in [0.717, 1.165) is 0 Å². The number of aryl methyl sites for hydroxylation is 2. The van der Waals surface area contributed by atoms with Crippen molar-refractivity contribution < 1.29 is 0 Å². The first-order chi connectivity index (χ1) is 14.8. The minimum absolute atomic E-state index is 0.549. The average molecular weight is 421 g/mol. The monoisotopic (exact) mass is 420 g/mol. The van der Waals surface area contributed by atoms with Crippen molar-refractivity contribution in [3.05, 3.63) is 105 Å². The van der Waals surface area contributed by atoms with Crippen molar-refractivity contribution in [3.63, 3.8) is 0 Å². The highest BCUT2D eigenvalue weighted by Gasteiger charge is 2.46. The van der Waals surface area contributed by atoms with Gasteiger partial charge in [-0.25, -0.2) is 0 Å². The number of allylic oxidation sites excluding steroid dienone is 2. The van der Waals surface area contributed by atoms with Crippen molar-refractivity contribution >= 4 is 20.2 Å². The molecule has 156 valence electrons. The van der Waals surface area contributed by atoms with Crippen molar-refractivity contribution in [2.75, 3.05) is 0 Å². The number of benzene rings is 3. The Morgan fingerprint density at radius 1 is 0.645 bits per heavy atom. The number of fused-ring (bicyclic) bond motifs is 2. The molecule has 0 amide bonds. The van der Waals surface area contributed by atoms with Gasteiger partial charge in [0.2, 0.25) is 0 Å². The predicted molar refractivity (Wildman–Crippen MR) is 138 cm³/mol. The largest absolute Gasteiger partial charge is 0.0722 e. The molecule has 0 aromatic heterocycles. The van der Waals surface area contributed by atoms with E-state index in [4.69, 9.17) is 0 Å². The molecule has 0 nitrogen and oxygen atoms in total. The molecule has 31 heavy (non-hydrogen) atoms. The molecular formula is C30H32Si. The zero-order valence-electron chi connectivity index (χ0n) is 19.6. The van der Waals surface area contributed by atoms with Crippen molar-refractivity contribution in [1.29, 1.82) is 0 Å². The third-order valence-electron chi connectivity index (χ3n) is 7.44. The van der Waals surface area contributed by atoms with E-state index >= 15 is 0 Å². The number of hydrogen-bond acceptors (Lipinski definition) is 0. The quantitative estimate of drug-likeness (QED) is 0.373. The standard InChI is InChI=1S/C30H32Si/c1-19-14-20(2)16-24(15-19)25-12-9-13-27-28(25)18-22(4)30(27)31(5,6)29-21(3)17-23-10-7-8-11-26(23)29/h7-18,29-30H,1-6H3. The summed E-state index contributed by atoms with van der Waals surface area (Å²) in [6.45, 7) is 14.3. The molecule has 0 heterocycles. The number of hydrogen-bond donors (Lipinski definition) is 0. The molecule has 0 fully saturated rings. The van der Waals surface area contributed by atoms with Crippen LogP contribution < -0.4 is 0 Å². The summed E-state index contributed by atoms with van der Waals surface area (Å²) in [5.41, 5.74) is 15.6. The van der Waals surface area contributed by atoms with Gasteiger partial charge in [0, 0.05) is 11.1 Å². The highest BCUT2D eigenvalue weighted by atomic mass is 28.3. The van der Waals surface area contributed by atoms with Gasteiger partial charge in [0.05, 0.1) is 8.07 Å². The molecule has 0 saturated carbocycles. The van der Waals surface area contributed by atoms with E-state index in [1.165, 1.54) is 33.4 Å². The van der Waals surface area contributed by atoms with Gasteiger partial charge in [0.15, 0.2) is 0 Å². The maximum atomic E-state index is 2.61. The molecule has 1 heteroatoms. The summed E-state index contributed by atoms with van der Waals surface area (Å²) in [5.74, 6) is 0. The summed E-state index contributed by atoms with van der Waals surface area (Å²) in [6, 6.07) is 23.0. The minimum atomic E-state index is -1.75. The van der Waals surface area contributed by atoms with Gasteiger partial charge in [-0.2, -0.15) is 0 Å². The van der Waals surface area contributed by atoms with Crippen LogP contribution >= 0.6 is 0 Å². The fraction of sp³-hybridized carbons (Fsp3) is 0.267. The van der Waals surface area contributed by atoms with E-state index in [1.54, 1.807) is 22.3 Å². The van der Waals surface area contributed by atoms with Crippen LogP contribution in [-0.2, 0) is 0 Å². The second-order valence-electron chi connectivity index (χ2n) is 10.3. The van der Waals surface area contributed by atoms with Gasteiger partial charge < -0.3 is 0 Å². The third kappa shape index (κ3) is 3.18. The lowest BCUT2D eigenvalue weighted by Crippen LogP contribution is -2.42. The summed E-state index contributed by atoms with van der Waals surface area (Å²) >= 11 is 0. The van der Waals surface area contributed by atoms with Gasteiger partial charge >= 0.3 is 0 Å². The van der Waals surface area contributed by atoms with Crippen LogP contribution in [0, 0.1) is 13.8 Å². The van der Waals surface area contributed by atoms with Gasteiger partial charge in [-0.1, -0.05) is 108 Å². The Bertz CT molecular complexity index is 1230. The molecule has 0 radical (unpaired) electrons. The maximum Gasteiger partial charge on any atom is 0.0722 e. The minimum Gasteiger partial charge on any atom is -0.0679 e. The molecule has 3 aromatic rings. The van der Waals surface area contributed by atoms with Crippen LogP contribution in [-0.4, -0.2) is 8.07 Å². The summed E-state index contributed by atoms with van der Waals surface area (Å²) in [5, 5.41) is 0. The molecular weight excluding hydrogens is 388 g/mol. The second-order valence-corrected chi connectivity index (χ2v) is 15.1. The van der Waals surface area contributed by atoms with E-state index in [0.29, 0.717) is 11.1 Å². The predicted octanol–water partition coefficient (Wildman–Crippen LogP) is 8.46. The normalized spacial score (nSPS) is 19.7. The lowest BCUT2D eigenvalue weighted by molar-refractivity contribution is 0.968. The highest BCUT2D eigenvalue weighted by Crippen LogP contribution is 2.53. The Labute approximate surface area is 188 Å². The van der Waals surface area contributed by atoms with Crippen molar-refractivity contribution in [3.8, 4) is 11.1 Å². The smallest absolute Gasteiger partial charge is 0.0679 e. The second kappa shape index (κ2) is 7.21. The van der Waals surface area contributed by atoms with Gasteiger partial charge in [-0.15, -0.1) is 0 Å². The van der Waals surface area contributed by atoms with E-state index in [-0.39, 0.29) is 0 Å². The third-order valence-corrected chi connectivity index (χ3v) is 12.0. The molecule has 5 rings (SSSR count). The van der Waals surface area contributed by atoms with Crippen LogP contribution in [0.3, 0.4) is 0 Å². The molecule has 2 atom stereocenters. The Balaban J connectivity index is 1.63. The van der Waals surface area contributed by atoms with Crippen LogP contribution in [0.25, 0.3) is 23.3 Å². The summed E-state index contributed by atoms with van der Waals surface area (Å²) in [6.07, 6.45) is 4.91. The van der Waals surface area contributed by atoms with E-state index in [1.807, 2.05) is 0 Å². The molecule has 2 aliphatic carbocycles. The zero-order valence-corrected chi connectivity index (χ0v) is 20.6. The topological polar surface area (TPSA) is 0 Å². The molecule has 3 aromatic carbocycles. The Kier molecular flexibility index (Phi) is 4.71. The summed E-state index contributed by atoms with van der Waals surface area (Å²) in [4.78, 5) is 0. The molecule has 0 N–H and O–H groups in total.